The summed E-state index contributed by atoms with van der Waals surface area (Å²) >= 11 is 0. The molecule has 0 unspecified atom stereocenters. The van der Waals surface area contributed by atoms with Gasteiger partial charge in [0.15, 0.2) is 0 Å². The number of hydrogen-bond donors (Lipinski definition) is 2. The van der Waals surface area contributed by atoms with Crippen LogP contribution < -0.4 is 5.32 Å². The van der Waals surface area contributed by atoms with E-state index in [0.29, 0.717) is 0 Å². The lowest BCUT2D eigenvalue weighted by molar-refractivity contribution is 0.133. The van der Waals surface area contributed by atoms with E-state index < -0.39 is 5.60 Å². The summed E-state index contributed by atoms with van der Waals surface area (Å²) in [5.74, 6) is 0. The molecule has 0 spiro atoms. The maximum Gasteiger partial charge on any atom is 0.0772 e. The Morgan fingerprint density at radius 1 is 1.45 bits per heavy atom. The van der Waals surface area contributed by atoms with Crippen LogP contribution in [0.15, 0.2) is 24.8 Å². The summed E-state index contributed by atoms with van der Waals surface area (Å²) in [5.41, 5.74) is -0.699. The molecule has 0 rings (SSSR count). The second-order valence-electron chi connectivity index (χ2n) is 3.00. The monoisotopic (exact) mass is 155 g/mol. The quantitative estimate of drug-likeness (QED) is 0.460. The molecule has 11 heavy (non-hydrogen) atoms. The normalized spacial score (nSPS) is 12.3. The summed E-state index contributed by atoms with van der Waals surface area (Å²) in [6, 6.07) is 0. The van der Waals surface area contributed by atoms with Gasteiger partial charge in [0.05, 0.1) is 5.60 Å². The highest BCUT2D eigenvalue weighted by Gasteiger charge is 2.04. The van der Waals surface area contributed by atoms with Crippen molar-refractivity contribution in [2.75, 3.05) is 13.1 Å². The van der Waals surface area contributed by atoms with Gasteiger partial charge in [-0.1, -0.05) is 18.2 Å². The van der Waals surface area contributed by atoms with E-state index in [1.54, 1.807) is 26.0 Å². The molecule has 0 aromatic carbocycles. The zero-order chi connectivity index (χ0) is 8.74. The predicted octanol–water partition coefficient (Wildman–Crippen LogP) is 1.09. The summed E-state index contributed by atoms with van der Waals surface area (Å²) in [4.78, 5) is 0. The SMILES string of the molecule is C=CCNC/C=C\C(C)(C)O. The molecule has 0 bridgehead atoms. The first-order valence-corrected chi connectivity index (χ1v) is 3.78. The summed E-state index contributed by atoms with van der Waals surface area (Å²) in [7, 11) is 0. The highest BCUT2D eigenvalue weighted by Crippen LogP contribution is 2.00. The number of nitrogens with one attached hydrogen (secondary N) is 1. The molecule has 2 heteroatoms. The third-order valence-corrected chi connectivity index (χ3v) is 1.08. The van der Waals surface area contributed by atoms with E-state index in [2.05, 4.69) is 11.9 Å². The maximum absolute atomic E-state index is 9.24. The lowest BCUT2D eigenvalue weighted by Crippen LogP contribution is -2.17. The fourth-order valence-electron chi connectivity index (χ4n) is 0.616. The van der Waals surface area contributed by atoms with Gasteiger partial charge < -0.3 is 10.4 Å². The van der Waals surface area contributed by atoms with Crippen LogP contribution in [0.3, 0.4) is 0 Å². The van der Waals surface area contributed by atoms with Gasteiger partial charge >= 0.3 is 0 Å². The van der Waals surface area contributed by atoms with Crippen molar-refractivity contribution >= 4 is 0 Å². The van der Waals surface area contributed by atoms with Gasteiger partial charge in [-0.05, 0) is 13.8 Å². The van der Waals surface area contributed by atoms with Crippen molar-refractivity contribution in [3.05, 3.63) is 24.8 Å². The summed E-state index contributed by atoms with van der Waals surface area (Å²) < 4.78 is 0. The van der Waals surface area contributed by atoms with Gasteiger partial charge in [-0.3, -0.25) is 0 Å². The number of hydrogen-bond acceptors (Lipinski definition) is 2. The van der Waals surface area contributed by atoms with Crippen LogP contribution in [0.2, 0.25) is 0 Å². The maximum atomic E-state index is 9.24. The molecule has 0 atom stereocenters. The van der Waals surface area contributed by atoms with Gasteiger partial charge in [0.1, 0.15) is 0 Å². The van der Waals surface area contributed by atoms with Crippen molar-refractivity contribution in [3.8, 4) is 0 Å². The standard InChI is InChI=1S/C9H17NO/c1-4-7-10-8-5-6-9(2,3)11/h4-6,10-11H,1,7-8H2,2-3H3/b6-5-. The van der Waals surface area contributed by atoms with Gasteiger partial charge in [0, 0.05) is 13.1 Å². The molecule has 0 aliphatic heterocycles. The summed E-state index contributed by atoms with van der Waals surface area (Å²) in [6.07, 6.45) is 5.48. The molecule has 0 saturated carbocycles. The Morgan fingerprint density at radius 3 is 2.55 bits per heavy atom. The van der Waals surface area contributed by atoms with Crippen LogP contribution in [0.4, 0.5) is 0 Å². The second kappa shape index (κ2) is 5.10. The van der Waals surface area contributed by atoms with Crippen molar-refractivity contribution < 1.29 is 5.11 Å². The molecule has 0 aromatic rings. The third-order valence-electron chi connectivity index (χ3n) is 1.08. The molecule has 0 aliphatic carbocycles. The molecule has 0 aromatic heterocycles. The average molecular weight is 155 g/mol. The fourth-order valence-corrected chi connectivity index (χ4v) is 0.616. The van der Waals surface area contributed by atoms with Crippen LogP contribution in [-0.2, 0) is 0 Å². The van der Waals surface area contributed by atoms with Crippen molar-refractivity contribution in [3.63, 3.8) is 0 Å². The van der Waals surface area contributed by atoms with E-state index in [9.17, 15) is 5.11 Å². The first kappa shape index (κ1) is 10.4. The van der Waals surface area contributed by atoms with Gasteiger partial charge in [-0.25, -0.2) is 0 Å². The molecule has 0 heterocycles. The zero-order valence-electron chi connectivity index (χ0n) is 7.30. The van der Waals surface area contributed by atoms with Crippen molar-refractivity contribution in [1.29, 1.82) is 0 Å². The zero-order valence-corrected chi connectivity index (χ0v) is 7.30. The van der Waals surface area contributed by atoms with E-state index in [-0.39, 0.29) is 0 Å². The second-order valence-corrected chi connectivity index (χ2v) is 3.00. The average Bonchev–Trinajstić information content (AvgIpc) is 1.85. The van der Waals surface area contributed by atoms with E-state index in [1.807, 2.05) is 6.08 Å². The first-order chi connectivity index (χ1) is 5.06. The third kappa shape index (κ3) is 9.40. The minimum atomic E-state index is -0.699. The van der Waals surface area contributed by atoms with E-state index >= 15 is 0 Å². The predicted molar refractivity (Wildman–Crippen MR) is 48.5 cm³/mol. The first-order valence-electron chi connectivity index (χ1n) is 3.78. The van der Waals surface area contributed by atoms with Crippen LogP contribution in [0.5, 0.6) is 0 Å². The van der Waals surface area contributed by atoms with Crippen LogP contribution in [0.1, 0.15) is 13.8 Å². The van der Waals surface area contributed by atoms with Crippen LogP contribution in [0.25, 0.3) is 0 Å². The Balaban J connectivity index is 3.37. The molecule has 0 fully saturated rings. The van der Waals surface area contributed by atoms with Crippen molar-refractivity contribution in [2.45, 2.75) is 19.4 Å². The highest BCUT2D eigenvalue weighted by molar-refractivity contribution is 4.96. The van der Waals surface area contributed by atoms with Crippen molar-refractivity contribution in [2.24, 2.45) is 0 Å². The van der Waals surface area contributed by atoms with Gasteiger partial charge in [0.2, 0.25) is 0 Å². The van der Waals surface area contributed by atoms with E-state index in [4.69, 9.17) is 0 Å². The molecule has 64 valence electrons. The largest absolute Gasteiger partial charge is 0.386 e. The minimum absolute atomic E-state index is 0.699. The molecule has 0 saturated heterocycles. The van der Waals surface area contributed by atoms with Crippen LogP contribution in [-0.4, -0.2) is 23.8 Å². The fraction of sp³-hybridized carbons (Fsp3) is 0.556. The van der Waals surface area contributed by atoms with Gasteiger partial charge in [-0.15, -0.1) is 6.58 Å². The molecule has 2 N–H and O–H groups in total. The highest BCUT2D eigenvalue weighted by atomic mass is 16.3. The molecular formula is C9H17NO. The van der Waals surface area contributed by atoms with Gasteiger partial charge in [-0.2, -0.15) is 0 Å². The molecule has 0 amide bonds. The molecule has 0 aliphatic rings. The van der Waals surface area contributed by atoms with E-state index in [0.717, 1.165) is 13.1 Å². The Bertz CT molecular complexity index is 133. The van der Waals surface area contributed by atoms with E-state index in [1.165, 1.54) is 0 Å². The molecule has 0 radical (unpaired) electrons. The van der Waals surface area contributed by atoms with Crippen molar-refractivity contribution in [1.82, 2.24) is 5.32 Å². The lowest BCUT2D eigenvalue weighted by Gasteiger charge is -2.09. The number of aliphatic hydroxyl groups is 1. The Kier molecular flexibility index (Phi) is 4.83. The lowest BCUT2D eigenvalue weighted by atomic mass is 10.1. The smallest absolute Gasteiger partial charge is 0.0772 e. The molecule has 2 nitrogen and oxygen atoms in total. The minimum Gasteiger partial charge on any atom is -0.386 e. The number of rotatable bonds is 5. The van der Waals surface area contributed by atoms with Crippen LogP contribution >= 0.6 is 0 Å². The molecular weight excluding hydrogens is 138 g/mol. The Morgan fingerprint density at radius 2 is 2.09 bits per heavy atom. The summed E-state index contributed by atoms with van der Waals surface area (Å²) in [5, 5.41) is 12.3. The summed E-state index contributed by atoms with van der Waals surface area (Å²) in [6.45, 7) is 8.64. The Labute approximate surface area is 68.6 Å². The Hall–Kier alpha value is -0.600. The van der Waals surface area contributed by atoms with Crippen LogP contribution in [0, 0.1) is 0 Å². The van der Waals surface area contributed by atoms with Gasteiger partial charge in [0.25, 0.3) is 0 Å². The topological polar surface area (TPSA) is 32.3 Å².